The molecule has 0 bridgehead atoms. The second-order valence-electron chi connectivity index (χ2n) is 9.41. The zero-order valence-corrected chi connectivity index (χ0v) is 15.1. The predicted octanol–water partition coefficient (Wildman–Crippen LogP) is 3.25. The van der Waals surface area contributed by atoms with Crippen LogP contribution in [0.1, 0.15) is 65.7 Å². The van der Waals surface area contributed by atoms with E-state index in [1.807, 2.05) is 0 Å². The summed E-state index contributed by atoms with van der Waals surface area (Å²) in [4.78, 5) is 0. The van der Waals surface area contributed by atoms with Crippen LogP contribution in [-0.4, -0.2) is 29.5 Å². The lowest BCUT2D eigenvalue weighted by Gasteiger charge is -2.63. The van der Waals surface area contributed by atoms with Gasteiger partial charge in [-0.05, 0) is 61.2 Å². The second kappa shape index (κ2) is 5.86. The molecule has 3 rings (SSSR count). The van der Waals surface area contributed by atoms with Crippen LogP contribution in [0.2, 0.25) is 0 Å². The molecule has 0 saturated heterocycles. The van der Waals surface area contributed by atoms with Gasteiger partial charge in [0.25, 0.3) is 0 Å². The standard InChI is InChI=1S/C20H35NO2/c1-18(2)8-4-9-19(3)15(18)7-10-20(13-22)16(19)6-5-14(12-21)11-17(20)23/h5,15-17,22-23H,4,6-13,21H2,1-3H3. The molecule has 3 heteroatoms. The molecule has 0 amide bonds. The van der Waals surface area contributed by atoms with Gasteiger partial charge in [0.05, 0.1) is 12.7 Å². The van der Waals surface area contributed by atoms with Crippen molar-refractivity contribution in [2.75, 3.05) is 13.2 Å². The van der Waals surface area contributed by atoms with Crippen LogP contribution in [0.25, 0.3) is 0 Å². The third-order valence-electron chi connectivity index (χ3n) is 7.98. The van der Waals surface area contributed by atoms with E-state index >= 15 is 0 Å². The highest BCUT2D eigenvalue weighted by Gasteiger charge is 2.61. The van der Waals surface area contributed by atoms with Crippen LogP contribution in [0.3, 0.4) is 0 Å². The van der Waals surface area contributed by atoms with Gasteiger partial charge in [0, 0.05) is 12.0 Å². The van der Waals surface area contributed by atoms with Gasteiger partial charge in [-0.15, -0.1) is 0 Å². The first-order chi connectivity index (χ1) is 10.8. The van der Waals surface area contributed by atoms with Crippen LogP contribution >= 0.6 is 0 Å². The van der Waals surface area contributed by atoms with Gasteiger partial charge in [-0.2, -0.15) is 0 Å². The molecule has 3 nitrogen and oxygen atoms in total. The summed E-state index contributed by atoms with van der Waals surface area (Å²) in [6.45, 7) is 7.93. The molecular formula is C20H35NO2. The first kappa shape index (κ1) is 17.4. The van der Waals surface area contributed by atoms with E-state index in [1.165, 1.54) is 19.3 Å². The topological polar surface area (TPSA) is 66.5 Å². The number of hydrogen-bond donors (Lipinski definition) is 3. The highest BCUT2D eigenvalue weighted by atomic mass is 16.3. The summed E-state index contributed by atoms with van der Waals surface area (Å²) < 4.78 is 0. The molecule has 0 spiro atoms. The Morgan fingerprint density at radius 2 is 1.91 bits per heavy atom. The summed E-state index contributed by atoms with van der Waals surface area (Å²) in [5, 5.41) is 21.4. The lowest BCUT2D eigenvalue weighted by Crippen LogP contribution is -2.59. The van der Waals surface area contributed by atoms with Gasteiger partial charge in [0.2, 0.25) is 0 Å². The molecule has 3 aliphatic carbocycles. The van der Waals surface area contributed by atoms with Crippen molar-refractivity contribution >= 4 is 0 Å². The summed E-state index contributed by atoms with van der Waals surface area (Å²) in [7, 11) is 0. The van der Waals surface area contributed by atoms with Crippen LogP contribution in [0, 0.1) is 28.1 Å². The summed E-state index contributed by atoms with van der Waals surface area (Å²) >= 11 is 0. The van der Waals surface area contributed by atoms with Crippen molar-refractivity contribution in [1.29, 1.82) is 0 Å². The van der Waals surface area contributed by atoms with Gasteiger partial charge < -0.3 is 15.9 Å². The molecule has 2 saturated carbocycles. The fourth-order valence-corrected chi connectivity index (χ4v) is 6.73. The van der Waals surface area contributed by atoms with Gasteiger partial charge in [0.1, 0.15) is 0 Å². The van der Waals surface area contributed by atoms with Crippen LogP contribution < -0.4 is 5.73 Å². The molecular weight excluding hydrogens is 286 g/mol. The van der Waals surface area contributed by atoms with E-state index in [0.717, 1.165) is 24.8 Å². The number of allylic oxidation sites excluding steroid dienone is 1. The van der Waals surface area contributed by atoms with Crippen molar-refractivity contribution < 1.29 is 10.2 Å². The van der Waals surface area contributed by atoms with Gasteiger partial charge >= 0.3 is 0 Å². The fourth-order valence-electron chi connectivity index (χ4n) is 6.73. The Labute approximate surface area is 141 Å². The second-order valence-corrected chi connectivity index (χ2v) is 9.41. The number of aliphatic hydroxyl groups excluding tert-OH is 2. The maximum atomic E-state index is 11.0. The molecule has 132 valence electrons. The summed E-state index contributed by atoms with van der Waals surface area (Å²) in [5.74, 6) is 1.05. The first-order valence-electron chi connectivity index (χ1n) is 9.47. The van der Waals surface area contributed by atoms with Gasteiger partial charge in [0.15, 0.2) is 0 Å². The number of hydrogen-bond acceptors (Lipinski definition) is 3. The Hall–Kier alpha value is -0.380. The zero-order valence-electron chi connectivity index (χ0n) is 15.1. The molecule has 0 aliphatic heterocycles. The zero-order chi connectivity index (χ0) is 16.9. The van der Waals surface area contributed by atoms with Gasteiger partial charge in [-0.1, -0.05) is 38.8 Å². The third-order valence-corrected chi connectivity index (χ3v) is 7.98. The lowest BCUT2D eigenvalue weighted by atomic mass is 9.42. The number of aliphatic hydroxyl groups is 2. The minimum atomic E-state index is -0.461. The minimum absolute atomic E-state index is 0.104. The smallest absolute Gasteiger partial charge is 0.0658 e. The van der Waals surface area contributed by atoms with Crippen molar-refractivity contribution in [2.45, 2.75) is 71.8 Å². The van der Waals surface area contributed by atoms with Crippen LogP contribution in [0.15, 0.2) is 11.6 Å². The van der Waals surface area contributed by atoms with Crippen LogP contribution in [0.4, 0.5) is 0 Å². The Bertz CT molecular complexity index is 486. The Kier molecular flexibility index (Phi) is 4.44. The normalized spacial score (nSPS) is 46.3. The van der Waals surface area contributed by atoms with Gasteiger partial charge in [-0.3, -0.25) is 0 Å². The quantitative estimate of drug-likeness (QED) is 0.684. The maximum Gasteiger partial charge on any atom is 0.0658 e. The van der Waals surface area contributed by atoms with Crippen molar-refractivity contribution in [3.63, 3.8) is 0 Å². The van der Waals surface area contributed by atoms with E-state index in [9.17, 15) is 10.2 Å². The molecule has 3 aliphatic rings. The number of fused-ring (bicyclic) bond motifs is 3. The van der Waals surface area contributed by atoms with Gasteiger partial charge in [-0.25, -0.2) is 0 Å². The summed E-state index contributed by atoms with van der Waals surface area (Å²) in [6.07, 6.45) is 9.30. The highest BCUT2D eigenvalue weighted by Crippen LogP contribution is 2.66. The Balaban J connectivity index is 2.04. The molecule has 4 N–H and O–H groups in total. The molecule has 5 atom stereocenters. The van der Waals surface area contributed by atoms with E-state index in [-0.39, 0.29) is 17.4 Å². The number of rotatable bonds is 2. The van der Waals surface area contributed by atoms with E-state index in [0.29, 0.717) is 30.2 Å². The van der Waals surface area contributed by atoms with E-state index in [2.05, 4.69) is 26.8 Å². The monoisotopic (exact) mass is 321 g/mol. The van der Waals surface area contributed by atoms with Crippen LogP contribution in [-0.2, 0) is 0 Å². The first-order valence-corrected chi connectivity index (χ1v) is 9.47. The molecule has 0 radical (unpaired) electrons. The molecule has 5 unspecified atom stereocenters. The molecule has 0 aromatic rings. The molecule has 23 heavy (non-hydrogen) atoms. The SMILES string of the molecule is CC1(C)CCCC2(C)C1CCC1(CO)C(O)CC(CN)=CCC21. The van der Waals surface area contributed by atoms with Crippen molar-refractivity contribution in [3.05, 3.63) is 11.6 Å². The highest BCUT2D eigenvalue weighted by molar-refractivity contribution is 5.18. The molecule has 0 heterocycles. The lowest BCUT2D eigenvalue weighted by molar-refractivity contribution is -0.181. The molecule has 2 fully saturated rings. The van der Waals surface area contributed by atoms with Crippen LogP contribution in [0.5, 0.6) is 0 Å². The molecule has 0 aromatic carbocycles. The van der Waals surface area contributed by atoms with Crippen molar-refractivity contribution in [3.8, 4) is 0 Å². The summed E-state index contributed by atoms with van der Waals surface area (Å²) in [5.41, 5.74) is 7.28. The van der Waals surface area contributed by atoms with E-state index in [4.69, 9.17) is 5.73 Å². The average molecular weight is 322 g/mol. The minimum Gasteiger partial charge on any atom is -0.396 e. The number of nitrogens with two attached hydrogens (primary N) is 1. The predicted molar refractivity (Wildman–Crippen MR) is 93.9 cm³/mol. The Morgan fingerprint density at radius 3 is 2.57 bits per heavy atom. The van der Waals surface area contributed by atoms with E-state index in [1.54, 1.807) is 0 Å². The molecule has 0 aromatic heterocycles. The van der Waals surface area contributed by atoms with Crippen molar-refractivity contribution in [1.82, 2.24) is 0 Å². The van der Waals surface area contributed by atoms with Crippen molar-refractivity contribution in [2.24, 2.45) is 33.8 Å². The fraction of sp³-hybridized carbons (Fsp3) is 0.900. The largest absolute Gasteiger partial charge is 0.396 e. The average Bonchev–Trinajstić information content (AvgIpc) is 2.64. The summed E-state index contributed by atoms with van der Waals surface area (Å²) in [6, 6.07) is 0. The van der Waals surface area contributed by atoms with E-state index < -0.39 is 6.10 Å². The maximum absolute atomic E-state index is 11.0. The third kappa shape index (κ3) is 2.51. The Morgan fingerprint density at radius 1 is 1.17 bits per heavy atom.